The minimum Gasteiger partial charge on any atom is -0.309 e. The Labute approximate surface area is 114 Å². The molecule has 2 aromatic rings. The first-order valence-electron chi connectivity index (χ1n) is 6.89. The smallest absolute Gasteiger partial charge is 0.0554 e. The third kappa shape index (κ3) is 3.41. The van der Waals surface area contributed by atoms with Gasteiger partial charge in [0.1, 0.15) is 0 Å². The summed E-state index contributed by atoms with van der Waals surface area (Å²) in [5.41, 5.74) is 3.59. The number of aromatic nitrogens is 3. The first kappa shape index (κ1) is 13.7. The molecule has 0 fully saturated rings. The van der Waals surface area contributed by atoms with Crippen LogP contribution in [0.25, 0.3) is 0 Å². The Hall–Kier alpha value is -1.68. The van der Waals surface area contributed by atoms with Gasteiger partial charge in [0.2, 0.25) is 0 Å². The molecule has 0 aromatic carbocycles. The third-order valence-electron chi connectivity index (χ3n) is 3.37. The second-order valence-electron chi connectivity index (χ2n) is 4.71. The Morgan fingerprint density at radius 2 is 2.11 bits per heavy atom. The number of pyridine rings is 1. The van der Waals surface area contributed by atoms with Crippen molar-refractivity contribution in [1.29, 1.82) is 0 Å². The van der Waals surface area contributed by atoms with Crippen LogP contribution in [0.5, 0.6) is 0 Å². The molecule has 0 radical (unpaired) electrons. The Balaban J connectivity index is 2.14. The van der Waals surface area contributed by atoms with Gasteiger partial charge in [-0.1, -0.05) is 19.9 Å². The average Bonchev–Trinajstić information content (AvgIpc) is 2.85. The van der Waals surface area contributed by atoms with Crippen molar-refractivity contribution >= 4 is 0 Å². The molecule has 0 aliphatic rings. The Morgan fingerprint density at radius 3 is 2.63 bits per heavy atom. The van der Waals surface area contributed by atoms with E-state index in [0.29, 0.717) is 0 Å². The van der Waals surface area contributed by atoms with Gasteiger partial charge in [0, 0.05) is 31.6 Å². The largest absolute Gasteiger partial charge is 0.309 e. The lowest BCUT2D eigenvalue weighted by Crippen LogP contribution is -2.25. The molecule has 0 aliphatic carbocycles. The van der Waals surface area contributed by atoms with Gasteiger partial charge in [0.25, 0.3) is 0 Å². The van der Waals surface area contributed by atoms with Crippen molar-refractivity contribution in [3.63, 3.8) is 0 Å². The van der Waals surface area contributed by atoms with Crippen LogP contribution in [0.4, 0.5) is 0 Å². The van der Waals surface area contributed by atoms with Crippen molar-refractivity contribution in [2.75, 3.05) is 6.54 Å². The summed E-state index contributed by atoms with van der Waals surface area (Å²) in [6.45, 7) is 5.20. The average molecular weight is 258 g/mol. The molecular weight excluding hydrogens is 236 g/mol. The van der Waals surface area contributed by atoms with Gasteiger partial charge in [-0.2, -0.15) is 5.10 Å². The first-order valence-corrected chi connectivity index (χ1v) is 6.89. The number of likely N-dealkylation sites (N-methyl/N-ethyl adjacent to an activating group) is 1. The summed E-state index contributed by atoms with van der Waals surface area (Å²) in [6.07, 6.45) is 5.73. The highest BCUT2D eigenvalue weighted by molar-refractivity contribution is 5.17. The van der Waals surface area contributed by atoms with Gasteiger partial charge in [-0.15, -0.1) is 0 Å². The van der Waals surface area contributed by atoms with Gasteiger partial charge in [0.15, 0.2) is 0 Å². The normalized spacial score (nSPS) is 12.6. The zero-order valence-corrected chi connectivity index (χ0v) is 11.9. The molecule has 1 atom stereocenters. The van der Waals surface area contributed by atoms with Gasteiger partial charge in [-0.25, -0.2) is 0 Å². The van der Waals surface area contributed by atoms with Crippen molar-refractivity contribution < 1.29 is 0 Å². The summed E-state index contributed by atoms with van der Waals surface area (Å²) in [4.78, 5) is 4.54. The summed E-state index contributed by atoms with van der Waals surface area (Å²) < 4.78 is 1.92. The van der Waals surface area contributed by atoms with Crippen LogP contribution >= 0.6 is 0 Å². The zero-order valence-electron chi connectivity index (χ0n) is 11.9. The lowest BCUT2D eigenvalue weighted by atomic mass is 10.1. The predicted molar refractivity (Wildman–Crippen MR) is 76.9 cm³/mol. The quantitative estimate of drug-likeness (QED) is 0.864. The predicted octanol–water partition coefficient (Wildman–Crippen LogP) is 2.27. The molecule has 0 aliphatic heterocycles. The van der Waals surface area contributed by atoms with Crippen molar-refractivity contribution in [1.82, 2.24) is 20.1 Å². The van der Waals surface area contributed by atoms with E-state index in [4.69, 9.17) is 0 Å². The van der Waals surface area contributed by atoms with Crippen LogP contribution < -0.4 is 5.32 Å². The van der Waals surface area contributed by atoms with E-state index >= 15 is 0 Å². The van der Waals surface area contributed by atoms with Crippen molar-refractivity contribution in [3.05, 3.63) is 47.5 Å². The number of hydrogen-bond donors (Lipinski definition) is 1. The Kier molecular flexibility index (Phi) is 4.68. The highest BCUT2D eigenvalue weighted by atomic mass is 15.3. The number of rotatable bonds is 6. The molecule has 4 heteroatoms. The fourth-order valence-corrected chi connectivity index (χ4v) is 2.25. The minimum absolute atomic E-state index is 0.262. The van der Waals surface area contributed by atoms with Gasteiger partial charge < -0.3 is 5.32 Å². The lowest BCUT2D eigenvalue weighted by Gasteiger charge is -2.18. The standard InChI is InChI=1S/C15H22N4/c1-4-12-6-7-13(17-11-12)10-14(16-5-2)15-8-9-18-19(15)3/h6-9,11,14,16H,4-5,10H2,1-3H3. The summed E-state index contributed by atoms with van der Waals surface area (Å²) in [5, 5.41) is 7.75. The summed E-state index contributed by atoms with van der Waals surface area (Å²) in [6, 6.07) is 6.61. The molecule has 4 nitrogen and oxygen atoms in total. The first-order chi connectivity index (χ1) is 9.24. The molecule has 0 bridgehead atoms. The van der Waals surface area contributed by atoms with Crippen molar-refractivity contribution in [2.45, 2.75) is 32.7 Å². The summed E-state index contributed by atoms with van der Waals surface area (Å²) in [7, 11) is 1.98. The lowest BCUT2D eigenvalue weighted by molar-refractivity contribution is 0.503. The van der Waals surface area contributed by atoms with Gasteiger partial charge in [0.05, 0.1) is 11.7 Å². The molecule has 19 heavy (non-hydrogen) atoms. The molecule has 0 saturated heterocycles. The Bertz CT molecular complexity index is 501. The number of aryl methyl sites for hydroxylation is 2. The second kappa shape index (κ2) is 6.48. The van der Waals surface area contributed by atoms with Crippen molar-refractivity contribution in [3.8, 4) is 0 Å². The van der Waals surface area contributed by atoms with Gasteiger partial charge in [-0.3, -0.25) is 9.67 Å². The summed E-state index contributed by atoms with van der Waals surface area (Å²) in [5.74, 6) is 0. The van der Waals surface area contributed by atoms with E-state index in [9.17, 15) is 0 Å². The van der Waals surface area contributed by atoms with E-state index in [2.05, 4.69) is 47.4 Å². The van der Waals surface area contributed by atoms with E-state index < -0.39 is 0 Å². The number of nitrogens with zero attached hydrogens (tertiary/aromatic N) is 3. The number of nitrogens with one attached hydrogen (secondary N) is 1. The molecule has 1 unspecified atom stereocenters. The molecule has 0 spiro atoms. The second-order valence-corrected chi connectivity index (χ2v) is 4.71. The molecule has 1 N–H and O–H groups in total. The number of hydrogen-bond acceptors (Lipinski definition) is 3. The van der Waals surface area contributed by atoms with Crippen LogP contribution in [0.2, 0.25) is 0 Å². The topological polar surface area (TPSA) is 42.7 Å². The van der Waals surface area contributed by atoms with Crippen LogP contribution in [0.3, 0.4) is 0 Å². The highest BCUT2D eigenvalue weighted by Crippen LogP contribution is 2.16. The molecule has 2 heterocycles. The minimum atomic E-state index is 0.262. The van der Waals surface area contributed by atoms with Gasteiger partial charge in [-0.05, 0) is 30.7 Å². The summed E-state index contributed by atoms with van der Waals surface area (Å²) >= 11 is 0. The maximum atomic E-state index is 4.54. The van der Waals surface area contributed by atoms with Crippen LogP contribution in [-0.4, -0.2) is 21.3 Å². The molecule has 102 valence electrons. The highest BCUT2D eigenvalue weighted by Gasteiger charge is 2.15. The van der Waals surface area contributed by atoms with Crippen LogP contribution in [0.1, 0.15) is 36.8 Å². The van der Waals surface area contributed by atoms with E-state index in [0.717, 1.165) is 25.1 Å². The molecular formula is C15H22N4. The zero-order chi connectivity index (χ0) is 13.7. The van der Waals surface area contributed by atoms with Gasteiger partial charge >= 0.3 is 0 Å². The van der Waals surface area contributed by atoms with Crippen molar-refractivity contribution in [2.24, 2.45) is 7.05 Å². The van der Waals surface area contributed by atoms with Crippen LogP contribution in [0.15, 0.2) is 30.6 Å². The molecule has 0 saturated carbocycles. The third-order valence-corrected chi connectivity index (χ3v) is 3.37. The monoisotopic (exact) mass is 258 g/mol. The van der Waals surface area contributed by atoms with E-state index in [-0.39, 0.29) is 6.04 Å². The Morgan fingerprint density at radius 1 is 1.26 bits per heavy atom. The molecule has 2 rings (SSSR count). The van der Waals surface area contributed by atoms with E-state index in [1.165, 1.54) is 11.3 Å². The van der Waals surface area contributed by atoms with E-state index in [1.807, 2.05) is 24.1 Å². The fourth-order valence-electron chi connectivity index (χ4n) is 2.25. The maximum Gasteiger partial charge on any atom is 0.0554 e. The maximum absolute atomic E-state index is 4.54. The van der Waals surface area contributed by atoms with Crippen LogP contribution in [-0.2, 0) is 19.9 Å². The fraction of sp³-hybridized carbons (Fsp3) is 0.467. The van der Waals surface area contributed by atoms with E-state index in [1.54, 1.807) is 0 Å². The van der Waals surface area contributed by atoms with Crippen LogP contribution in [0, 0.1) is 0 Å². The molecule has 0 amide bonds. The molecule has 2 aromatic heterocycles. The SMILES string of the molecule is CCNC(Cc1ccc(CC)cn1)c1ccnn1C.